The summed E-state index contributed by atoms with van der Waals surface area (Å²) in [5.74, 6) is -1.15. The molecule has 112 valence electrons. The summed E-state index contributed by atoms with van der Waals surface area (Å²) in [5.41, 5.74) is -0.286. The third kappa shape index (κ3) is 2.20. The zero-order chi connectivity index (χ0) is 15.0. The maximum atomic E-state index is 13.0. The number of rotatable bonds is 3. The molecule has 5 heteroatoms. The summed E-state index contributed by atoms with van der Waals surface area (Å²) >= 11 is 0. The highest BCUT2D eigenvalue weighted by Gasteiger charge is 2.68. The third-order valence-corrected chi connectivity index (χ3v) is 4.56. The van der Waals surface area contributed by atoms with E-state index in [9.17, 15) is 14.0 Å². The molecule has 1 heterocycles. The summed E-state index contributed by atoms with van der Waals surface area (Å²) in [4.78, 5) is 26.7. The van der Waals surface area contributed by atoms with Gasteiger partial charge in [0, 0.05) is 19.0 Å². The van der Waals surface area contributed by atoms with E-state index in [0.29, 0.717) is 19.5 Å². The highest BCUT2D eigenvalue weighted by Crippen LogP contribution is 2.61. The fourth-order valence-corrected chi connectivity index (χ4v) is 3.29. The fourth-order valence-electron chi connectivity index (χ4n) is 3.29. The summed E-state index contributed by atoms with van der Waals surface area (Å²) in [6, 6.07) is 6.00. The van der Waals surface area contributed by atoms with Gasteiger partial charge in [-0.2, -0.15) is 0 Å². The van der Waals surface area contributed by atoms with Gasteiger partial charge in [0.05, 0.1) is 7.11 Å². The third-order valence-electron chi connectivity index (χ3n) is 4.56. The van der Waals surface area contributed by atoms with Gasteiger partial charge in [0.2, 0.25) is 5.91 Å². The molecule has 0 N–H and O–H groups in total. The molecule has 21 heavy (non-hydrogen) atoms. The Bertz CT molecular complexity index is 565. The van der Waals surface area contributed by atoms with Gasteiger partial charge in [0.15, 0.2) is 5.41 Å². The van der Waals surface area contributed by atoms with Crippen LogP contribution in [0.3, 0.4) is 0 Å². The van der Waals surface area contributed by atoms with Crippen molar-refractivity contribution < 1.29 is 18.7 Å². The Labute approximate surface area is 122 Å². The maximum absolute atomic E-state index is 13.0. The molecule has 0 aromatic heterocycles. The number of halogens is 1. The van der Waals surface area contributed by atoms with Crippen molar-refractivity contribution in [2.75, 3.05) is 20.2 Å². The number of methoxy groups -OCH3 is 1. The van der Waals surface area contributed by atoms with Crippen LogP contribution in [0.2, 0.25) is 0 Å². The molecule has 2 atom stereocenters. The van der Waals surface area contributed by atoms with Crippen LogP contribution in [-0.4, -0.2) is 37.0 Å². The smallest absolute Gasteiger partial charge is 0.322 e. The molecule has 1 aliphatic carbocycles. The minimum absolute atomic E-state index is 0.138. The lowest BCUT2D eigenvalue weighted by molar-refractivity contribution is -0.155. The number of carbonyl (C=O) groups is 2. The first-order valence-electron chi connectivity index (χ1n) is 7.23. The zero-order valence-electron chi connectivity index (χ0n) is 12.0. The molecular weight excluding hydrogens is 273 g/mol. The van der Waals surface area contributed by atoms with Gasteiger partial charge in [0.1, 0.15) is 5.82 Å². The summed E-state index contributed by atoms with van der Waals surface area (Å²) in [5, 5.41) is 0. The predicted octanol–water partition coefficient (Wildman–Crippen LogP) is 2.09. The van der Waals surface area contributed by atoms with Crippen LogP contribution in [0.25, 0.3) is 0 Å². The van der Waals surface area contributed by atoms with Crippen molar-refractivity contribution in [3.63, 3.8) is 0 Å². The molecule has 2 fully saturated rings. The van der Waals surface area contributed by atoms with Crippen LogP contribution in [-0.2, 0) is 14.3 Å². The lowest BCUT2D eigenvalue weighted by Crippen LogP contribution is -2.40. The lowest BCUT2D eigenvalue weighted by Gasteiger charge is -2.22. The topological polar surface area (TPSA) is 46.6 Å². The molecule has 0 unspecified atom stereocenters. The molecule has 1 saturated carbocycles. The van der Waals surface area contributed by atoms with Crippen molar-refractivity contribution in [2.45, 2.75) is 25.2 Å². The van der Waals surface area contributed by atoms with Crippen molar-refractivity contribution in [3.8, 4) is 0 Å². The van der Waals surface area contributed by atoms with Crippen LogP contribution >= 0.6 is 0 Å². The minimum Gasteiger partial charge on any atom is -0.468 e. The highest BCUT2D eigenvalue weighted by atomic mass is 19.1. The standard InChI is InChI=1S/C16H18FNO3/c1-21-15(20)16(14(19)18-8-2-3-9-18)10-13(16)11-4-6-12(17)7-5-11/h4-7,13H,2-3,8-10H2,1H3/t13-,16-/m1/s1. The largest absolute Gasteiger partial charge is 0.468 e. The molecule has 1 aromatic carbocycles. The normalized spacial score (nSPS) is 27.5. The summed E-state index contributed by atoms with van der Waals surface area (Å²) < 4.78 is 17.9. The average molecular weight is 291 g/mol. The van der Waals surface area contributed by atoms with E-state index in [2.05, 4.69) is 0 Å². The van der Waals surface area contributed by atoms with Gasteiger partial charge in [-0.15, -0.1) is 0 Å². The maximum Gasteiger partial charge on any atom is 0.322 e. The Morgan fingerprint density at radius 3 is 2.43 bits per heavy atom. The first-order chi connectivity index (χ1) is 10.1. The van der Waals surface area contributed by atoms with E-state index in [4.69, 9.17) is 4.74 Å². The number of likely N-dealkylation sites (tertiary alicyclic amines) is 1. The lowest BCUT2D eigenvalue weighted by atomic mass is 9.97. The predicted molar refractivity (Wildman–Crippen MR) is 74.0 cm³/mol. The van der Waals surface area contributed by atoms with E-state index in [1.54, 1.807) is 17.0 Å². The summed E-state index contributed by atoms with van der Waals surface area (Å²) in [6.45, 7) is 1.40. The number of hydrogen-bond donors (Lipinski definition) is 0. The number of ether oxygens (including phenoxy) is 1. The fraction of sp³-hybridized carbons (Fsp3) is 0.500. The number of carbonyl (C=O) groups excluding carboxylic acids is 2. The minimum atomic E-state index is -1.10. The second-order valence-corrected chi connectivity index (χ2v) is 5.77. The molecule has 1 amide bonds. The van der Waals surface area contributed by atoms with Gasteiger partial charge in [-0.3, -0.25) is 9.59 Å². The molecule has 0 radical (unpaired) electrons. The summed E-state index contributed by atoms with van der Waals surface area (Å²) in [6.07, 6.45) is 2.40. The van der Waals surface area contributed by atoms with Gasteiger partial charge < -0.3 is 9.64 Å². The van der Waals surface area contributed by atoms with E-state index < -0.39 is 11.4 Å². The molecule has 0 bridgehead atoms. The van der Waals surface area contributed by atoms with Crippen LogP contribution in [0.15, 0.2) is 24.3 Å². The molecular formula is C16H18FNO3. The van der Waals surface area contributed by atoms with Crippen LogP contribution in [0.5, 0.6) is 0 Å². The number of hydrogen-bond acceptors (Lipinski definition) is 3. The first kappa shape index (κ1) is 14.0. The molecule has 3 rings (SSSR count). The molecule has 1 aliphatic heterocycles. The molecule has 1 aromatic rings. The van der Waals surface area contributed by atoms with Crippen molar-refractivity contribution >= 4 is 11.9 Å². The zero-order valence-corrected chi connectivity index (χ0v) is 12.0. The Morgan fingerprint density at radius 2 is 1.86 bits per heavy atom. The average Bonchev–Trinajstić information content (AvgIpc) is 3.02. The van der Waals surface area contributed by atoms with E-state index in [1.165, 1.54) is 19.2 Å². The van der Waals surface area contributed by atoms with Crippen molar-refractivity contribution in [3.05, 3.63) is 35.6 Å². The summed E-state index contributed by atoms with van der Waals surface area (Å²) in [7, 11) is 1.31. The second-order valence-electron chi connectivity index (χ2n) is 5.77. The molecule has 2 aliphatic rings. The number of amides is 1. The number of nitrogens with zero attached hydrogens (tertiary/aromatic N) is 1. The van der Waals surface area contributed by atoms with Crippen molar-refractivity contribution in [1.82, 2.24) is 4.90 Å². The Kier molecular flexibility index (Phi) is 3.43. The van der Waals surface area contributed by atoms with E-state index in [1.807, 2.05) is 0 Å². The number of esters is 1. The quantitative estimate of drug-likeness (QED) is 0.633. The van der Waals surface area contributed by atoms with E-state index >= 15 is 0 Å². The van der Waals surface area contributed by atoms with Gasteiger partial charge >= 0.3 is 5.97 Å². The Balaban J connectivity index is 1.88. The van der Waals surface area contributed by atoms with Crippen LogP contribution in [0.1, 0.15) is 30.7 Å². The van der Waals surface area contributed by atoms with Crippen molar-refractivity contribution in [1.29, 1.82) is 0 Å². The number of benzene rings is 1. The first-order valence-corrected chi connectivity index (χ1v) is 7.23. The molecule has 0 spiro atoms. The Morgan fingerprint density at radius 1 is 1.24 bits per heavy atom. The van der Waals surface area contributed by atoms with E-state index in [-0.39, 0.29) is 17.6 Å². The Hall–Kier alpha value is -1.91. The SMILES string of the molecule is COC(=O)[C@]1(C(=O)N2CCCC2)C[C@@H]1c1ccc(F)cc1. The van der Waals surface area contributed by atoms with Gasteiger partial charge in [0.25, 0.3) is 0 Å². The van der Waals surface area contributed by atoms with Gasteiger partial charge in [-0.1, -0.05) is 12.1 Å². The second kappa shape index (κ2) is 5.13. The monoisotopic (exact) mass is 291 g/mol. The van der Waals surface area contributed by atoms with Crippen LogP contribution in [0.4, 0.5) is 4.39 Å². The molecule has 1 saturated heterocycles. The van der Waals surface area contributed by atoms with Gasteiger partial charge in [-0.05, 0) is 37.0 Å². The highest BCUT2D eigenvalue weighted by molar-refractivity contribution is 6.07. The van der Waals surface area contributed by atoms with E-state index in [0.717, 1.165) is 18.4 Å². The van der Waals surface area contributed by atoms with Crippen LogP contribution in [0, 0.1) is 11.2 Å². The van der Waals surface area contributed by atoms with Crippen LogP contribution < -0.4 is 0 Å². The van der Waals surface area contributed by atoms with Gasteiger partial charge in [-0.25, -0.2) is 4.39 Å². The molecule has 4 nitrogen and oxygen atoms in total. The van der Waals surface area contributed by atoms with Crippen molar-refractivity contribution in [2.24, 2.45) is 5.41 Å².